The molecule has 0 aliphatic carbocycles. The number of amides is 1. The molecule has 138 valence electrons. The summed E-state index contributed by atoms with van der Waals surface area (Å²) < 4.78 is 31.7. The monoisotopic (exact) mass is 370 g/mol. The van der Waals surface area contributed by atoms with Crippen molar-refractivity contribution in [2.45, 2.75) is 43.7 Å². The summed E-state index contributed by atoms with van der Waals surface area (Å²) in [5, 5.41) is 8.46. The molecule has 8 nitrogen and oxygen atoms in total. The molecule has 2 aliphatic rings. The van der Waals surface area contributed by atoms with E-state index in [0.29, 0.717) is 31.8 Å². The SMILES string of the molecule is CC1CCN(C(=O)C2CCCN2S(=O)(=O)c2ccc(C(=O)O)o2)CC1. The number of furan rings is 1. The molecule has 2 aliphatic heterocycles. The summed E-state index contributed by atoms with van der Waals surface area (Å²) in [5.41, 5.74) is 0. The second kappa shape index (κ2) is 6.80. The molecule has 1 atom stereocenters. The number of nitrogens with zero attached hydrogens (tertiary/aromatic N) is 2. The van der Waals surface area contributed by atoms with Gasteiger partial charge in [0.25, 0.3) is 10.0 Å². The fourth-order valence-electron chi connectivity index (χ4n) is 3.40. The topological polar surface area (TPSA) is 108 Å². The third-order valence-corrected chi connectivity index (χ3v) is 6.72. The first-order chi connectivity index (χ1) is 11.8. The summed E-state index contributed by atoms with van der Waals surface area (Å²) in [6.45, 7) is 3.67. The first-order valence-electron chi connectivity index (χ1n) is 8.44. The minimum atomic E-state index is -4.04. The summed E-state index contributed by atoms with van der Waals surface area (Å²) in [6, 6.07) is 1.49. The molecule has 25 heavy (non-hydrogen) atoms. The summed E-state index contributed by atoms with van der Waals surface area (Å²) in [7, 11) is -4.04. The molecular formula is C16H22N2O6S. The van der Waals surface area contributed by atoms with Gasteiger partial charge in [0.2, 0.25) is 16.8 Å². The number of piperidine rings is 1. The number of sulfonamides is 1. The van der Waals surface area contributed by atoms with E-state index in [4.69, 9.17) is 9.52 Å². The Labute approximate surface area is 146 Å². The zero-order chi connectivity index (χ0) is 18.2. The maximum atomic E-state index is 12.8. The van der Waals surface area contributed by atoms with Gasteiger partial charge in [-0.3, -0.25) is 4.79 Å². The molecule has 0 saturated carbocycles. The first kappa shape index (κ1) is 17.9. The van der Waals surface area contributed by atoms with E-state index < -0.39 is 32.9 Å². The minimum absolute atomic E-state index is 0.169. The Morgan fingerprint density at radius 2 is 1.84 bits per heavy atom. The van der Waals surface area contributed by atoms with Crippen molar-refractivity contribution < 1.29 is 27.5 Å². The van der Waals surface area contributed by atoms with Crippen LogP contribution >= 0.6 is 0 Å². The van der Waals surface area contributed by atoms with Crippen LogP contribution < -0.4 is 0 Å². The van der Waals surface area contributed by atoms with Crippen molar-refractivity contribution >= 4 is 21.9 Å². The average molecular weight is 370 g/mol. The molecule has 9 heteroatoms. The third-order valence-electron chi connectivity index (χ3n) is 4.94. The van der Waals surface area contributed by atoms with Gasteiger partial charge in [-0.1, -0.05) is 6.92 Å². The first-order valence-corrected chi connectivity index (χ1v) is 9.88. The van der Waals surface area contributed by atoms with Crippen LogP contribution in [-0.4, -0.2) is 60.3 Å². The maximum absolute atomic E-state index is 12.8. The van der Waals surface area contributed by atoms with Gasteiger partial charge in [-0.2, -0.15) is 4.31 Å². The van der Waals surface area contributed by atoms with Crippen LogP contribution in [0, 0.1) is 5.92 Å². The molecule has 0 bridgehead atoms. The van der Waals surface area contributed by atoms with Crippen LogP contribution in [0.5, 0.6) is 0 Å². The number of rotatable bonds is 4. The molecule has 1 N–H and O–H groups in total. The summed E-state index contributed by atoms with van der Waals surface area (Å²) in [4.78, 5) is 25.4. The van der Waals surface area contributed by atoms with E-state index in [9.17, 15) is 18.0 Å². The molecule has 1 unspecified atom stereocenters. The van der Waals surface area contributed by atoms with Gasteiger partial charge in [-0.25, -0.2) is 13.2 Å². The molecule has 3 heterocycles. The largest absolute Gasteiger partial charge is 0.475 e. The van der Waals surface area contributed by atoms with Crippen LogP contribution in [0.15, 0.2) is 21.6 Å². The fourth-order valence-corrected chi connectivity index (χ4v) is 4.97. The zero-order valence-corrected chi connectivity index (χ0v) is 14.9. The van der Waals surface area contributed by atoms with Crippen molar-refractivity contribution in [1.29, 1.82) is 0 Å². The second-order valence-electron chi connectivity index (χ2n) is 6.71. The van der Waals surface area contributed by atoms with Gasteiger partial charge in [-0.05, 0) is 43.7 Å². The Balaban J connectivity index is 1.80. The summed E-state index contributed by atoms with van der Waals surface area (Å²) in [5.74, 6) is -1.37. The third kappa shape index (κ3) is 3.43. The minimum Gasteiger partial charge on any atom is -0.475 e. The number of aromatic carboxylic acids is 1. The van der Waals surface area contributed by atoms with Crippen molar-refractivity contribution in [2.75, 3.05) is 19.6 Å². The van der Waals surface area contributed by atoms with Crippen molar-refractivity contribution in [2.24, 2.45) is 5.92 Å². The van der Waals surface area contributed by atoms with Gasteiger partial charge in [0.1, 0.15) is 6.04 Å². The Morgan fingerprint density at radius 1 is 1.16 bits per heavy atom. The van der Waals surface area contributed by atoms with E-state index in [2.05, 4.69) is 6.92 Å². The number of carbonyl (C=O) groups excluding carboxylic acids is 1. The van der Waals surface area contributed by atoms with Crippen LogP contribution in [0.25, 0.3) is 0 Å². The Kier molecular flexibility index (Phi) is 4.88. The highest BCUT2D eigenvalue weighted by atomic mass is 32.2. The number of likely N-dealkylation sites (tertiary alicyclic amines) is 1. The molecule has 2 fully saturated rings. The molecule has 1 aromatic heterocycles. The van der Waals surface area contributed by atoms with E-state index >= 15 is 0 Å². The van der Waals surface area contributed by atoms with Crippen LogP contribution in [-0.2, 0) is 14.8 Å². The van der Waals surface area contributed by atoms with Crippen LogP contribution in [0.3, 0.4) is 0 Å². The highest BCUT2D eigenvalue weighted by Gasteiger charge is 2.42. The quantitative estimate of drug-likeness (QED) is 0.858. The summed E-state index contributed by atoms with van der Waals surface area (Å²) in [6.07, 6.45) is 2.90. The van der Waals surface area contributed by atoms with Crippen molar-refractivity contribution in [3.8, 4) is 0 Å². The second-order valence-corrected chi connectivity index (χ2v) is 8.53. The van der Waals surface area contributed by atoms with Crippen molar-refractivity contribution in [1.82, 2.24) is 9.21 Å². The van der Waals surface area contributed by atoms with E-state index in [1.165, 1.54) is 0 Å². The highest BCUT2D eigenvalue weighted by molar-refractivity contribution is 7.89. The smallest absolute Gasteiger partial charge is 0.371 e. The van der Waals surface area contributed by atoms with Gasteiger partial charge < -0.3 is 14.4 Å². The lowest BCUT2D eigenvalue weighted by Crippen LogP contribution is -2.49. The van der Waals surface area contributed by atoms with Crippen LogP contribution in [0.4, 0.5) is 0 Å². The van der Waals surface area contributed by atoms with Gasteiger partial charge in [-0.15, -0.1) is 0 Å². The normalized spacial score (nSPS) is 23.1. The van der Waals surface area contributed by atoms with E-state index in [1.807, 2.05) is 0 Å². The number of hydrogen-bond acceptors (Lipinski definition) is 5. The molecule has 0 spiro atoms. The number of hydrogen-bond donors (Lipinski definition) is 1. The molecule has 1 aromatic rings. The lowest BCUT2D eigenvalue weighted by Gasteiger charge is -2.34. The highest BCUT2D eigenvalue weighted by Crippen LogP contribution is 2.29. The number of carboxylic acid groups (broad SMARTS) is 1. The number of carboxylic acids is 1. The Hall–Kier alpha value is -1.87. The maximum Gasteiger partial charge on any atom is 0.371 e. The lowest BCUT2D eigenvalue weighted by molar-refractivity contribution is -0.135. The van der Waals surface area contributed by atoms with E-state index in [-0.39, 0.29) is 12.5 Å². The Morgan fingerprint density at radius 3 is 2.44 bits per heavy atom. The van der Waals surface area contributed by atoms with E-state index in [0.717, 1.165) is 29.3 Å². The van der Waals surface area contributed by atoms with Crippen molar-refractivity contribution in [3.05, 3.63) is 17.9 Å². The molecule has 3 rings (SSSR count). The van der Waals surface area contributed by atoms with Crippen LogP contribution in [0.1, 0.15) is 43.2 Å². The zero-order valence-electron chi connectivity index (χ0n) is 14.1. The van der Waals surface area contributed by atoms with E-state index in [1.54, 1.807) is 4.90 Å². The molecule has 0 radical (unpaired) electrons. The lowest BCUT2D eigenvalue weighted by atomic mass is 9.98. The van der Waals surface area contributed by atoms with Gasteiger partial charge in [0.05, 0.1) is 0 Å². The van der Waals surface area contributed by atoms with Crippen LogP contribution in [0.2, 0.25) is 0 Å². The molecular weight excluding hydrogens is 348 g/mol. The Bertz CT molecular complexity index is 763. The average Bonchev–Trinajstić information content (AvgIpc) is 3.25. The van der Waals surface area contributed by atoms with Gasteiger partial charge in [0, 0.05) is 19.6 Å². The van der Waals surface area contributed by atoms with Gasteiger partial charge in [0.15, 0.2) is 0 Å². The fraction of sp³-hybridized carbons (Fsp3) is 0.625. The van der Waals surface area contributed by atoms with Gasteiger partial charge >= 0.3 is 5.97 Å². The molecule has 1 amide bonds. The molecule has 2 saturated heterocycles. The standard InChI is InChI=1S/C16H22N2O6S/c1-11-6-9-17(10-7-11)15(19)12-3-2-8-18(12)25(22,23)14-5-4-13(24-14)16(20)21/h4-5,11-12H,2-3,6-10H2,1H3,(H,20,21). The van der Waals surface area contributed by atoms with Crippen molar-refractivity contribution in [3.63, 3.8) is 0 Å². The molecule has 0 aromatic carbocycles. The predicted molar refractivity (Wildman–Crippen MR) is 87.6 cm³/mol. The predicted octanol–water partition coefficient (Wildman–Crippen LogP) is 1.39. The summed E-state index contributed by atoms with van der Waals surface area (Å²) >= 11 is 0. The number of carbonyl (C=O) groups is 2.